The maximum absolute atomic E-state index is 12.8. The third kappa shape index (κ3) is 5.47. The molecule has 3 rings (SSSR count). The highest BCUT2D eigenvalue weighted by Crippen LogP contribution is 2.28. The van der Waals surface area contributed by atoms with E-state index in [1.54, 1.807) is 0 Å². The van der Waals surface area contributed by atoms with Gasteiger partial charge in [0.25, 0.3) is 0 Å². The maximum atomic E-state index is 12.8. The van der Waals surface area contributed by atoms with Crippen LogP contribution >= 0.6 is 11.8 Å². The second kappa shape index (κ2) is 10.2. The topological polar surface area (TPSA) is 86.3 Å². The SMILES string of the molecule is Cc1ccc(C(C)C)c(OCc2nnc(S[C@@H](C)C(=O)N3CCCCCC3)n2N)c1. The number of nitrogen functional groups attached to an aromatic ring is 1. The van der Waals surface area contributed by atoms with Gasteiger partial charge in [-0.3, -0.25) is 4.79 Å². The van der Waals surface area contributed by atoms with Crippen molar-refractivity contribution < 1.29 is 9.53 Å². The summed E-state index contributed by atoms with van der Waals surface area (Å²) in [5.41, 5.74) is 2.29. The van der Waals surface area contributed by atoms with Crippen LogP contribution in [0.4, 0.5) is 0 Å². The molecule has 164 valence electrons. The smallest absolute Gasteiger partial charge is 0.235 e. The quantitative estimate of drug-likeness (QED) is 0.529. The molecular formula is C22H33N5O2S. The molecule has 0 aliphatic carbocycles. The number of nitrogens with zero attached hydrogens (tertiary/aromatic N) is 4. The second-order valence-electron chi connectivity index (χ2n) is 8.25. The predicted octanol–water partition coefficient (Wildman–Crippen LogP) is 3.89. The molecule has 1 aromatic carbocycles. The van der Waals surface area contributed by atoms with Crippen molar-refractivity contribution >= 4 is 17.7 Å². The highest BCUT2D eigenvalue weighted by molar-refractivity contribution is 8.00. The Morgan fingerprint density at radius 3 is 2.53 bits per heavy atom. The van der Waals surface area contributed by atoms with E-state index < -0.39 is 0 Å². The first-order valence-electron chi connectivity index (χ1n) is 10.7. The average molecular weight is 432 g/mol. The van der Waals surface area contributed by atoms with Crippen LogP contribution in [0.1, 0.15) is 69.3 Å². The molecular weight excluding hydrogens is 398 g/mol. The zero-order chi connectivity index (χ0) is 21.7. The lowest BCUT2D eigenvalue weighted by atomic mass is 10.0. The Bertz CT molecular complexity index is 859. The Hall–Kier alpha value is -2.22. The van der Waals surface area contributed by atoms with Crippen molar-refractivity contribution in [1.29, 1.82) is 0 Å². The number of amides is 1. The molecule has 0 radical (unpaired) electrons. The predicted molar refractivity (Wildman–Crippen MR) is 120 cm³/mol. The molecule has 0 bridgehead atoms. The lowest BCUT2D eigenvalue weighted by molar-refractivity contribution is -0.130. The summed E-state index contributed by atoms with van der Waals surface area (Å²) in [5.74, 6) is 8.08. The minimum absolute atomic E-state index is 0.143. The van der Waals surface area contributed by atoms with Gasteiger partial charge in [0.15, 0.2) is 5.82 Å². The van der Waals surface area contributed by atoms with Crippen molar-refractivity contribution in [2.24, 2.45) is 0 Å². The van der Waals surface area contributed by atoms with E-state index in [0.717, 1.165) is 42.8 Å². The fourth-order valence-corrected chi connectivity index (χ4v) is 4.50. The molecule has 7 nitrogen and oxygen atoms in total. The molecule has 1 atom stereocenters. The molecule has 1 fully saturated rings. The Labute approximate surface area is 183 Å². The van der Waals surface area contributed by atoms with Gasteiger partial charge in [0.1, 0.15) is 12.4 Å². The molecule has 0 spiro atoms. The van der Waals surface area contributed by atoms with E-state index >= 15 is 0 Å². The van der Waals surface area contributed by atoms with Gasteiger partial charge in [-0.2, -0.15) is 0 Å². The Kier molecular flexibility index (Phi) is 7.64. The molecule has 0 unspecified atom stereocenters. The molecule has 8 heteroatoms. The minimum atomic E-state index is -0.257. The number of aromatic nitrogens is 3. The summed E-state index contributed by atoms with van der Waals surface area (Å²) in [6.07, 6.45) is 4.56. The first-order chi connectivity index (χ1) is 14.4. The lowest BCUT2D eigenvalue weighted by Crippen LogP contribution is -2.37. The Morgan fingerprint density at radius 2 is 1.87 bits per heavy atom. The number of thioether (sulfide) groups is 1. The fourth-order valence-electron chi connectivity index (χ4n) is 3.63. The molecule has 2 heterocycles. The second-order valence-corrected chi connectivity index (χ2v) is 9.56. The van der Waals surface area contributed by atoms with E-state index in [2.05, 4.69) is 36.2 Å². The third-order valence-corrected chi connectivity index (χ3v) is 6.48. The van der Waals surface area contributed by atoms with E-state index in [4.69, 9.17) is 10.6 Å². The van der Waals surface area contributed by atoms with Crippen molar-refractivity contribution in [2.45, 2.75) is 76.3 Å². The average Bonchev–Trinajstić information content (AvgIpc) is 2.91. The third-order valence-electron chi connectivity index (χ3n) is 5.43. The number of ether oxygens (including phenoxy) is 1. The summed E-state index contributed by atoms with van der Waals surface area (Å²) in [7, 11) is 0. The highest BCUT2D eigenvalue weighted by Gasteiger charge is 2.24. The van der Waals surface area contributed by atoms with Gasteiger partial charge < -0.3 is 15.5 Å². The number of nitrogens with two attached hydrogens (primary N) is 1. The van der Waals surface area contributed by atoms with E-state index in [-0.39, 0.29) is 17.8 Å². The summed E-state index contributed by atoms with van der Waals surface area (Å²) in [6, 6.07) is 6.22. The summed E-state index contributed by atoms with van der Waals surface area (Å²) in [6.45, 7) is 10.1. The number of carbonyl (C=O) groups is 1. The zero-order valence-corrected chi connectivity index (χ0v) is 19.2. The van der Waals surface area contributed by atoms with Crippen molar-refractivity contribution in [3.05, 3.63) is 35.2 Å². The fraction of sp³-hybridized carbons (Fsp3) is 0.591. The summed E-state index contributed by atoms with van der Waals surface area (Å²) in [4.78, 5) is 14.8. The minimum Gasteiger partial charge on any atom is -0.485 e. The Morgan fingerprint density at radius 1 is 1.17 bits per heavy atom. The van der Waals surface area contributed by atoms with Gasteiger partial charge in [-0.25, -0.2) is 4.68 Å². The van der Waals surface area contributed by atoms with Gasteiger partial charge in [-0.15, -0.1) is 10.2 Å². The number of hydrogen-bond donors (Lipinski definition) is 1. The van der Waals surface area contributed by atoms with Gasteiger partial charge in [-0.05, 0) is 49.8 Å². The first kappa shape index (κ1) is 22.5. The molecule has 1 saturated heterocycles. The molecule has 30 heavy (non-hydrogen) atoms. The number of carbonyl (C=O) groups excluding carboxylic acids is 1. The number of rotatable bonds is 7. The maximum Gasteiger partial charge on any atom is 0.235 e. The first-order valence-corrected chi connectivity index (χ1v) is 11.6. The molecule has 2 N–H and O–H groups in total. The van der Waals surface area contributed by atoms with E-state index in [9.17, 15) is 4.79 Å². The number of benzene rings is 1. The highest BCUT2D eigenvalue weighted by atomic mass is 32.2. The monoisotopic (exact) mass is 431 g/mol. The molecule has 0 saturated carbocycles. The lowest BCUT2D eigenvalue weighted by Gasteiger charge is -2.23. The molecule has 1 aliphatic rings. The van der Waals surface area contributed by atoms with Crippen molar-refractivity contribution in [3.63, 3.8) is 0 Å². The van der Waals surface area contributed by atoms with E-state index in [0.29, 0.717) is 16.9 Å². The summed E-state index contributed by atoms with van der Waals surface area (Å²) >= 11 is 1.35. The molecule has 2 aromatic rings. The molecule has 1 aliphatic heterocycles. The number of likely N-dealkylation sites (tertiary alicyclic amines) is 1. The van der Waals surface area contributed by atoms with Crippen LogP contribution in [0.5, 0.6) is 5.75 Å². The van der Waals surface area contributed by atoms with Crippen LogP contribution in [-0.4, -0.2) is 44.0 Å². The summed E-state index contributed by atoms with van der Waals surface area (Å²) < 4.78 is 7.47. The zero-order valence-electron chi connectivity index (χ0n) is 18.4. The van der Waals surface area contributed by atoms with E-state index in [1.165, 1.54) is 29.3 Å². The van der Waals surface area contributed by atoms with Gasteiger partial charge in [0, 0.05) is 13.1 Å². The van der Waals surface area contributed by atoms with Crippen LogP contribution in [0.2, 0.25) is 0 Å². The summed E-state index contributed by atoms with van der Waals surface area (Å²) in [5, 5.41) is 8.64. The standard InChI is InChI=1S/C22H33N5O2S/c1-15(2)18-10-9-16(3)13-19(18)29-14-20-24-25-22(27(20)23)30-17(4)21(28)26-11-7-5-6-8-12-26/h9-10,13,15,17H,5-8,11-12,14,23H2,1-4H3/t17-/m0/s1. The van der Waals surface area contributed by atoms with Crippen molar-refractivity contribution in [2.75, 3.05) is 18.9 Å². The van der Waals surface area contributed by atoms with Gasteiger partial charge in [-0.1, -0.05) is 50.6 Å². The normalized spacial score (nSPS) is 15.8. The Balaban J connectivity index is 1.63. The molecule has 1 amide bonds. The van der Waals surface area contributed by atoms with Crippen LogP contribution in [-0.2, 0) is 11.4 Å². The van der Waals surface area contributed by atoms with Crippen LogP contribution in [0.3, 0.4) is 0 Å². The van der Waals surface area contributed by atoms with Crippen molar-refractivity contribution in [3.8, 4) is 5.75 Å². The van der Waals surface area contributed by atoms with Crippen LogP contribution < -0.4 is 10.6 Å². The van der Waals surface area contributed by atoms with E-state index in [1.807, 2.05) is 24.8 Å². The number of hydrogen-bond acceptors (Lipinski definition) is 6. The van der Waals surface area contributed by atoms with Gasteiger partial charge in [0.2, 0.25) is 11.1 Å². The van der Waals surface area contributed by atoms with Crippen LogP contribution in [0, 0.1) is 6.92 Å². The van der Waals surface area contributed by atoms with Gasteiger partial charge >= 0.3 is 0 Å². The number of aryl methyl sites for hydroxylation is 1. The van der Waals surface area contributed by atoms with Crippen molar-refractivity contribution in [1.82, 2.24) is 19.8 Å². The van der Waals surface area contributed by atoms with Crippen LogP contribution in [0.15, 0.2) is 23.4 Å². The van der Waals surface area contributed by atoms with Crippen LogP contribution in [0.25, 0.3) is 0 Å². The van der Waals surface area contributed by atoms with Gasteiger partial charge in [0.05, 0.1) is 5.25 Å². The molecule has 1 aromatic heterocycles. The largest absolute Gasteiger partial charge is 0.485 e.